The first-order valence-corrected chi connectivity index (χ1v) is 10.8. The predicted octanol–water partition coefficient (Wildman–Crippen LogP) is 3.85. The van der Waals surface area contributed by atoms with Gasteiger partial charge in [-0.25, -0.2) is 4.39 Å². The number of H-pyrrole nitrogens is 2. The molecule has 2 aromatic carbocycles. The number of carbonyl (C=O) groups excluding carboxylic acids is 2. The number of hydrogen-bond donors (Lipinski definition) is 2. The Hall–Kier alpha value is -4.09. The molecule has 0 unspecified atom stereocenters. The largest absolute Gasteiger partial charge is 0.416 e. The number of hydrogen-bond acceptors (Lipinski definition) is 5. The van der Waals surface area contributed by atoms with Crippen LogP contribution in [0.15, 0.2) is 36.4 Å². The summed E-state index contributed by atoms with van der Waals surface area (Å²) in [7, 11) is 0. The van der Waals surface area contributed by atoms with Gasteiger partial charge in [0, 0.05) is 24.1 Å². The van der Waals surface area contributed by atoms with Gasteiger partial charge < -0.3 is 4.90 Å². The highest BCUT2D eigenvalue weighted by molar-refractivity contribution is 5.98. The summed E-state index contributed by atoms with van der Waals surface area (Å²) in [5.41, 5.74) is 1.96. The summed E-state index contributed by atoms with van der Waals surface area (Å²) >= 11 is 0. The summed E-state index contributed by atoms with van der Waals surface area (Å²) in [5.74, 6) is -1.41. The van der Waals surface area contributed by atoms with Crippen molar-refractivity contribution in [3.05, 3.63) is 75.9 Å². The van der Waals surface area contributed by atoms with E-state index in [-0.39, 0.29) is 36.6 Å². The monoisotopic (exact) mass is 486 g/mol. The molecule has 0 aliphatic carbocycles. The van der Waals surface area contributed by atoms with Gasteiger partial charge in [0.05, 0.1) is 17.8 Å². The molecule has 0 bridgehead atoms. The Labute approximate surface area is 195 Å². The smallest absolute Gasteiger partial charge is 0.332 e. The van der Waals surface area contributed by atoms with E-state index in [1.807, 2.05) is 0 Å². The standard InChI is InChI=1S/C23H18F4N6O2/c24-16-4-3-14(23(25,26)27)9-12(16)2-6-20(34)21-15-7-8-33(11-19(15)28-31-21)22(35)13-1-5-17-18(10-13)30-32-29-17/h1,3-5,9-10H,2,6-8,11H2,(H,28,31)(H,29,30,32). The fraction of sp³-hybridized carbons (Fsp3) is 0.261. The summed E-state index contributed by atoms with van der Waals surface area (Å²) in [5, 5.41) is 17.3. The molecule has 2 N–H and O–H groups in total. The number of aromatic amines is 2. The lowest BCUT2D eigenvalue weighted by molar-refractivity contribution is -0.137. The number of ketones is 1. The second kappa shape index (κ2) is 8.60. The summed E-state index contributed by atoms with van der Waals surface area (Å²) in [6.45, 7) is 0.568. The highest BCUT2D eigenvalue weighted by atomic mass is 19.4. The third-order valence-electron chi connectivity index (χ3n) is 6.04. The normalized spacial score (nSPS) is 13.8. The molecule has 3 heterocycles. The number of aryl methyl sites for hydroxylation is 1. The summed E-state index contributed by atoms with van der Waals surface area (Å²) in [6.07, 6.45) is -4.61. The van der Waals surface area contributed by atoms with Crippen LogP contribution < -0.4 is 0 Å². The second-order valence-electron chi connectivity index (χ2n) is 8.26. The molecule has 35 heavy (non-hydrogen) atoms. The number of halogens is 4. The first-order chi connectivity index (χ1) is 16.7. The quantitative estimate of drug-likeness (QED) is 0.329. The van der Waals surface area contributed by atoms with Crippen LogP contribution >= 0.6 is 0 Å². The minimum atomic E-state index is -4.60. The van der Waals surface area contributed by atoms with E-state index >= 15 is 0 Å². The molecule has 0 fully saturated rings. The lowest BCUT2D eigenvalue weighted by atomic mass is 9.98. The zero-order valence-electron chi connectivity index (χ0n) is 18.1. The molecule has 12 heteroatoms. The van der Waals surface area contributed by atoms with E-state index in [2.05, 4.69) is 25.6 Å². The number of rotatable bonds is 5. The zero-order chi connectivity index (χ0) is 24.7. The third-order valence-corrected chi connectivity index (χ3v) is 6.04. The molecule has 8 nitrogen and oxygen atoms in total. The number of nitrogens with zero attached hydrogens (tertiary/aromatic N) is 4. The molecule has 5 rings (SSSR count). The van der Waals surface area contributed by atoms with Crippen molar-refractivity contribution in [2.45, 2.75) is 32.0 Å². The first kappa shape index (κ1) is 22.7. The van der Waals surface area contributed by atoms with Crippen molar-refractivity contribution in [1.29, 1.82) is 0 Å². The number of alkyl halides is 3. The Morgan fingerprint density at radius 3 is 2.63 bits per heavy atom. The summed E-state index contributed by atoms with van der Waals surface area (Å²) in [6, 6.07) is 7.15. The van der Waals surface area contributed by atoms with Crippen LogP contribution in [0.1, 0.15) is 49.7 Å². The number of Topliss-reactive ketones (excluding diaryl/α,β-unsaturated/α-hetero) is 1. The summed E-state index contributed by atoms with van der Waals surface area (Å²) in [4.78, 5) is 27.3. The van der Waals surface area contributed by atoms with Crippen molar-refractivity contribution < 1.29 is 27.2 Å². The molecule has 0 saturated heterocycles. The fourth-order valence-corrected chi connectivity index (χ4v) is 4.19. The Morgan fingerprint density at radius 1 is 1.03 bits per heavy atom. The molecular formula is C23H18F4N6O2. The molecule has 1 aliphatic heterocycles. The molecule has 0 saturated carbocycles. The van der Waals surface area contributed by atoms with Crippen LogP contribution in [0.4, 0.5) is 17.6 Å². The molecule has 0 spiro atoms. The number of aromatic nitrogens is 5. The zero-order valence-corrected chi connectivity index (χ0v) is 18.1. The van der Waals surface area contributed by atoms with Crippen LogP contribution in [0.3, 0.4) is 0 Å². The van der Waals surface area contributed by atoms with Crippen LogP contribution in [-0.2, 0) is 25.6 Å². The van der Waals surface area contributed by atoms with Gasteiger partial charge in [-0.2, -0.15) is 33.7 Å². The SMILES string of the molecule is O=C(CCc1cc(C(F)(F)F)ccc1F)c1n[nH]c2c1CCN(C(=O)c1ccc3n[nH]nc3c1)C2. The second-order valence-corrected chi connectivity index (χ2v) is 8.26. The van der Waals surface area contributed by atoms with Crippen LogP contribution in [0.25, 0.3) is 11.0 Å². The average molecular weight is 486 g/mol. The van der Waals surface area contributed by atoms with Crippen LogP contribution in [0, 0.1) is 5.82 Å². The maximum Gasteiger partial charge on any atom is 0.416 e. The first-order valence-electron chi connectivity index (χ1n) is 10.8. The van der Waals surface area contributed by atoms with Crippen molar-refractivity contribution in [1.82, 2.24) is 30.5 Å². The van der Waals surface area contributed by atoms with Crippen molar-refractivity contribution >= 4 is 22.7 Å². The van der Waals surface area contributed by atoms with E-state index in [4.69, 9.17) is 0 Å². The molecule has 1 aliphatic rings. The summed E-state index contributed by atoms with van der Waals surface area (Å²) < 4.78 is 52.8. The topological polar surface area (TPSA) is 108 Å². The van der Waals surface area contributed by atoms with Gasteiger partial charge in [0.15, 0.2) is 5.78 Å². The Morgan fingerprint density at radius 2 is 1.83 bits per heavy atom. The van der Waals surface area contributed by atoms with E-state index < -0.39 is 23.3 Å². The Bertz CT molecular complexity index is 1440. The molecule has 2 aromatic heterocycles. The number of carbonyl (C=O) groups is 2. The van der Waals surface area contributed by atoms with Crippen LogP contribution in [-0.4, -0.2) is 48.7 Å². The van der Waals surface area contributed by atoms with E-state index in [0.29, 0.717) is 46.9 Å². The third kappa shape index (κ3) is 4.38. The minimum Gasteiger partial charge on any atom is -0.332 e. The van der Waals surface area contributed by atoms with Crippen molar-refractivity contribution in [3.8, 4) is 0 Å². The maximum atomic E-state index is 14.0. The van der Waals surface area contributed by atoms with E-state index in [0.717, 1.165) is 12.1 Å². The van der Waals surface area contributed by atoms with Crippen LogP contribution in [0.2, 0.25) is 0 Å². The van der Waals surface area contributed by atoms with Gasteiger partial charge in [-0.1, -0.05) is 0 Å². The van der Waals surface area contributed by atoms with Gasteiger partial charge in [0.25, 0.3) is 5.91 Å². The van der Waals surface area contributed by atoms with Crippen molar-refractivity contribution in [2.24, 2.45) is 0 Å². The van der Waals surface area contributed by atoms with Gasteiger partial charge in [-0.05, 0) is 54.8 Å². The average Bonchev–Trinajstić information content (AvgIpc) is 3.48. The van der Waals surface area contributed by atoms with Crippen LogP contribution in [0.5, 0.6) is 0 Å². The molecule has 4 aromatic rings. The highest BCUT2D eigenvalue weighted by Crippen LogP contribution is 2.31. The number of benzene rings is 2. The lowest BCUT2D eigenvalue weighted by Gasteiger charge is -2.27. The van der Waals surface area contributed by atoms with Gasteiger partial charge in [-0.15, -0.1) is 0 Å². The minimum absolute atomic E-state index is 0.170. The molecule has 0 atom stereocenters. The van der Waals surface area contributed by atoms with Gasteiger partial charge in [0.1, 0.15) is 22.5 Å². The van der Waals surface area contributed by atoms with E-state index in [1.54, 1.807) is 23.1 Å². The van der Waals surface area contributed by atoms with E-state index in [1.165, 1.54) is 0 Å². The number of nitrogens with one attached hydrogen (secondary N) is 2. The lowest BCUT2D eigenvalue weighted by Crippen LogP contribution is -2.36. The highest BCUT2D eigenvalue weighted by Gasteiger charge is 2.31. The van der Waals surface area contributed by atoms with Gasteiger partial charge >= 0.3 is 6.18 Å². The van der Waals surface area contributed by atoms with Crippen molar-refractivity contribution in [3.63, 3.8) is 0 Å². The maximum absolute atomic E-state index is 14.0. The van der Waals surface area contributed by atoms with Gasteiger partial charge in [-0.3, -0.25) is 14.7 Å². The van der Waals surface area contributed by atoms with Crippen molar-refractivity contribution in [2.75, 3.05) is 6.54 Å². The number of fused-ring (bicyclic) bond motifs is 2. The van der Waals surface area contributed by atoms with Gasteiger partial charge in [0.2, 0.25) is 0 Å². The Kier molecular flexibility index (Phi) is 5.58. The number of amides is 1. The fourth-order valence-electron chi connectivity index (χ4n) is 4.19. The van der Waals surface area contributed by atoms with E-state index in [9.17, 15) is 27.2 Å². The predicted molar refractivity (Wildman–Crippen MR) is 115 cm³/mol. The molecule has 0 radical (unpaired) electrons. The molecular weight excluding hydrogens is 468 g/mol. The Balaban J connectivity index is 1.27. The molecule has 1 amide bonds. The molecule has 180 valence electrons.